The van der Waals surface area contributed by atoms with Crippen molar-refractivity contribution in [2.75, 3.05) is 11.9 Å². The van der Waals surface area contributed by atoms with Crippen LogP contribution >= 0.6 is 0 Å². The van der Waals surface area contributed by atoms with Gasteiger partial charge in [0, 0.05) is 37.4 Å². The number of nitrogens with zero attached hydrogens (tertiary/aromatic N) is 4. The second kappa shape index (κ2) is 4.83. The second-order valence-corrected chi connectivity index (χ2v) is 3.95. The van der Waals surface area contributed by atoms with Crippen molar-refractivity contribution < 1.29 is 0 Å². The van der Waals surface area contributed by atoms with Crippen LogP contribution in [0, 0.1) is 0 Å². The lowest BCUT2D eigenvalue weighted by Gasteiger charge is -2.12. The summed E-state index contributed by atoms with van der Waals surface area (Å²) >= 11 is 0. The average Bonchev–Trinajstić information content (AvgIpc) is 2.87. The van der Waals surface area contributed by atoms with Crippen LogP contribution in [0.2, 0.25) is 0 Å². The molecule has 0 spiro atoms. The summed E-state index contributed by atoms with van der Waals surface area (Å²) in [5, 5.41) is 7.45. The van der Waals surface area contributed by atoms with Crippen LogP contribution in [-0.2, 0) is 6.54 Å². The molecule has 0 saturated carbocycles. The molecule has 2 heterocycles. The van der Waals surface area contributed by atoms with Crippen molar-refractivity contribution in [3.8, 4) is 0 Å². The number of imidazole rings is 1. The zero-order chi connectivity index (χ0) is 11.4. The molecule has 0 unspecified atom stereocenters. The van der Waals surface area contributed by atoms with Gasteiger partial charge in [0.05, 0.1) is 6.54 Å². The van der Waals surface area contributed by atoms with Crippen molar-refractivity contribution in [2.45, 2.75) is 26.4 Å². The van der Waals surface area contributed by atoms with Crippen LogP contribution in [-0.4, -0.2) is 25.9 Å². The van der Waals surface area contributed by atoms with Crippen LogP contribution in [0.1, 0.15) is 19.9 Å². The third-order valence-electron chi connectivity index (χ3n) is 2.41. The second-order valence-electron chi connectivity index (χ2n) is 3.95. The Kier molecular flexibility index (Phi) is 3.24. The molecule has 0 bridgehead atoms. The molecule has 0 aliphatic rings. The smallest absolute Gasteiger partial charge is 0.203 e. The highest BCUT2D eigenvalue weighted by Gasteiger charge is 2.04. The van der Waals surface area contributed by atoms with E-state index in [0.29, 0.717) is 6.04 Å². The summed E-state index contributed by atoms with van der Waals surface area (Å²) in [7, 11) is 0. The van der Waals surface area contributed by atoms with E-state index in [0.717, 1.165) is 19.0 Å². The van der Waals surface area contributed by atoms with Crippen LogP contribution in [0.25, 0.3) is 0 Å². The lowest BCUT2D eigenvalue weighted by molar-refractivity contribution is 0.595. The standard InChI is InChI=1S/C11H17N5/c1-10(2)16-9-6-13-11(16)12-5-8-15-7-3-4-14-15/h3-4,6-7,9-10H,5,8H2,1-2H3,(H,12,13). The lowest BCUT2D eigenvalue weighted by atomic mass is 10.4. The van der Waals surface area contributed by atoms with Crippen molar-refractivity contribution in [3.63, 3.8) is 0 Å². The number of hydrogen-bond acceptors (Lipinski definition) is 3. The Morgan fingerprint density at radius 1 is 1.31 bits per heavy atom. The molecular formula is C11H17N5. The average molecular weight is 219 g/mol. The van der Waals surface area contributed by atoms with Gasteiger partial charge in [0.15, 0.2) is 0 Å². The van der Waals surface area contributed by atoms with E-state index in [1.165, 1.54) is 0 Å². The van der Waals surface area contributed by atoms with Crippen molar-refractivity contribution in [2.24, 2.45) is 0 Å². The quantitative estimate of drug-likeness (QED) is 0.833. The van der Waals surface area contributed by atoms with Crippen LogP contribution in [0.15, 0.2) is 30.9 Å². The highest BCUT2D eigenvalue weighted by molar-refractivity contribution is 5.26. The topological polar surface area (TPSA) is 47.7 Å². The highest BCUT2D eigenvalue weighted by Crippen LogP contribution is 2.11. The molecule has 0 aliphatic heterocycles. The molecule has 0 fully saturated rings. The molecule has 16 heavy (non-hydrogen) atoms. The van der Waals surface area contributed by atoms with E-state index in [-0.39, 0.29) is 0 Å². The summed E-state index contributed by atoms with van der Waals surface area (Å²) in [6.45, 7) is 5.95. The van der Waals surface area contributed by atoms with E-state index in [2.05, 4.69) is 33.8 Å². The van der Waals surface area contributed by atoms with E-state index in [1.54, 1.807) is 6.20 Å². The van der Waals surface area contributed by atoms with E-state index >= 15 is 0 Å². The molecule has 0 amide bonds. The fourth-order valence-corrected chi connectivity index (χ4v) is 1.58. The van der Waals surface area contributed by atoms with E-state index in [4.69, 9.17) is 0 Å². The minimum Gasteiger partial charge on any atom is -0.354 e. The van der Waals surface area contributed by atoms with Gasteiger partial charge in [-0.05, 0) is 19.9 Å². The predicted molar refractivity (Wildman–Crippen MR) is 63.3 cm³/mol. The molecule has 5 heteroatoms. The molecule has 0 aliphatic carbocycles. The Morgan fingerprint density at radius 2 is 2.19 bits per heavy atom. The minimum atomic E-state index is 0.426. The molecule has 86 valence electrons. The van der Waals surface area contributed by atoms with Crippen LogP contribution in [0.5, 0.6) is 0 Å². The number of anilines is 1. The van der Waals surface area contributed by atoms with Crippen LogP contribution < -0.4 is 5.32 Å². The number of nitrogens with one attached hydrogen (secondary N) is 1. The summed E-state index contributed by atoms with van der Waals surface area (Å²) in [5.41, 5.74) is 0. The molecule has 2 rings (SSSR count). The van der Waals surface area contributed by atoms with Crippen molar-refractivity contribution in [3.05, 3.63) is 30.9 Å². The molecule has 5 nitrogen and oxygen atoms in total. The summed E-state index contributed by atoms with van der Waals surface area (Å²) < 4.78 is 4.01. The number of aromatic nitrogens is 4. The van der Waals surface area contributed by atoms with Gasteiger partial charge in [0.1, 0.15) is 0 Å². The Morgan fingerprint density at radius 3 is 2.88 bits per heavy atom. The first-order valence-electron chi connectivity index (χ1n) is 5.51. The third-order valence-corrected chi connectivity index (χ3v) is 2.41. The predicted octanol–water partition coefficient (Wildman–Crippen LogP) is 1.77. The molecule has 0 saturated heterocycles. The molecule has 0 aromatic carbocycles. The number of rotatable bonds is 5. The van der Waals surface area contributed by atoms with Gasteiger partial charge < -0.3 is 9.88 Å². The van der Waals surface area contributed by atoms with E-state index in [9.17, 15) is 0 Å². The Hall–Kier alpha value is -1.78. The number of hydrogen-bond donors (Lipinski definition) is 1. The first kappa shape index (κ1) is 10.7. The molecule has 2 aromatic rings. The monoisotopic (exact) mass is 219 g/mol. The normalized spacial score (nSPS) is 10.9. The Balaban J connectivity index is 1.87. The maximum atomic E-state index is 4.28. The van der Waals surface area contributed by atoms with E-state index < -0.39 is 0 Å². The maximum Gasteiger partial charge on any atom is 0.203 e. The van der Waals surface area contributed by atoms with Crippen molar-refractivity contribution in [1.29, 1.82) is 0 Å². The first-order valence-corrected chi connectivity index (χ1v) is 5.51. The summed E-state index contributed by atoms with van der Waals surface area (Å²) in [4.78, 5) is 4.28. The van der Waals surface area contributed by atoms with Gasteiger partial charge in [-0.15, -0.1) is 0 Å². The fraction of sp³-hybridized carbons (Fsp3) is 0.455. The van der Waals surface area contributed by atoms with Gasteiger partial charge in [0.25, 0.3) is 0 Å². The van der Waals surface area contributed by atoms with Gasteiger partial charge in [0.2, 0.25) is 5.95 Å². The zero-order valence-corrected chi connectivity index (χ0v) is 9.67. The van der Waals surface area contributed by atoms with E-state index in [1.807, 2.05) is 29.3 Å². The van der Waals surface area contributed by atoms with Gasteiger partial charge in [-0.3, -0.25) is 4.68 Å². The first-order chi connectivity index (χ1) is 7.77. The van der Waals surface area contributed by atoms with Crippen molar-refractivity contribution >= 4 is 5.95 Å². The van der Waals surface area contributed by atoms with Gasteiger partial charge >= 0.3 is 0 Å². The lowest BCUT2D eigenvalue weighted by Crippen LogP contribution is -2.14. The van der Waals surface area contributed by atoms with Crippen molar-refractivity contribution in [1.82, 2.24) is 19.3 Å². The summed E-state index contributed by atoms with van der Waals surface area (Å²) in [6.07, 6.45) is 7.54. The Labute approximate surface area is 95.1 Å². The molecule has 0 atom stereocenters. The van der Waals surface area contributed by atoms with Crippen LogP contribution in [0.4, 0.5) is 5.95 Å². The minimum absolute atomic E-state index is 0.426. The van der Waals surface area contributed by atoms with Gasteiger partial charge in [-0.1, -0.05) is 0 Å². The maximum absolute atomic E-state index is 4.28. The summed E-state index contributed by atoms with van der Waals surface area (Å²) in [5.74, 6) is 0.919. The fourth-order valence-electron chi connectivity index (χ4n) is 1.58. The Bertz CT molecular complexity index is 415. The largest absolute Gasteiger partial charge is 0.354 e. The van der Waals surface area contributed by atoms with Gasteiger partial charge in [-0.2, -0.15) is 5.10 Å². The molecule has 0 radical (unpaired) electrons. The molecular weight excluding hydrogens is 202 g/mol. The van der Waals surface area contributed by atoms with Crippen LogP contribution in [0.3, 0.4) is 0 Å². The zero-order valence-electron chi connectivity index (χ0n) is 9.67. The third kappa shape index (κ3) is 2.42. The molecule has 2 aromatic heterocycles. The van der Waals surface area contributed by atoms with Gasteiger partial charge in [-0.25, -0.2) is 4.98 Å². The summed E-state index contributed by atoms with van der Waals surface area (Å²) in [6, 6.07) is 2.35. The SMILES string of the molecule is CC(C)n1ccnc1NCCn1cccn1. The molecule has 1 N–H and O–H groups in total. The highest BCUT2D eigenvalue weighted by atomic mass is 15.3.